The Balaban J connectivity index is 1.72. The van der Waals surface area contributed by atoms with Crippen LogP contribution in [-0.2, 0) is 15.0 Å². The Morgan fingerprint density at radius 3 is 1.79 bits per heavy atom. The summed E-state index contributed by atoms with van der Waals surface area (Å²) >= 11 is 0. The van der Waals surface area contributed by atoms with Crippen molar-refractivity contribution in [1.29, 1.82) is 0 Å². The first-order chi connectivity index (χ1) is 20.4. The van der Waals surface area contributed by atoms with E-state index in [9.17, 15) is 0 Å². The molecule has 2 aromatic heterocycles. The number of allylic oxidation sites excluding steroid dienone is 4. The molecule has 2 atom stereocenters. The van der Waals surface area contributed by atoms with Gasteiger partial charge in [0.05, 0.1) is 44.4 Å². The lowest BCUT2D eigenvalue weighted by molar-refractivity contribution is 0.156. The van der Waals surface area contributed by atoms with Crippen LogP contribution in [0.15, 0.2) is 114 Å². The van der Waals surface area contributed by atoms with Gasteiger partial charge in [-0.15, -0.1) is 0 Å². The molecule has 2 aliphatic rings. The van der Waals surface area contributed by atoms with Gasteiger partial charge in [0.1, 0.15) is 17.6 Å². The molecule has 0 N–H and O–H groups in total. The highest BCUT2D eigenvalue weighted by atomic mass is 16.5. The molecule has 0 amide bonds. The maximum Gasteiger partial charge on any atom is 0.158 e. The van der Waals surface area contributed by atoms with E-state index in [1.165, 1.54) is 0 Å². The smallest absolute Gasteiger partial charge is 0.158 e. The standard InChI is InChI=1S/C36H35NO5/c1-36(2,3)37-33(30-11-7-9-22-41-30)32(29-10-6-8-21-40-29)31(25-14-18-27(39-5)19-15-25)34(37)35-28(20-23-42-35)24-12-16-26(38-4)17-13-24/h6-23,29-30H,1-5H3. The topological polar surface area (TPSA) is 55.0 Å². The first-order valence-electron chi connectivity index (χ1n) is 14.0. The van der Waals surface area contributed by atoms with E-state index >= 15 is 0 Å². The number of methoxy groups -OCH3 is 2. The third-order valence-electron chi connectivity index (χ3n) is 7.53. The summed E-state index contributed by atoms with van der Waals surface area (Å²) in [7, 11) is 3.35. The van der Waals surface area contributed by atoms with E-state index in [-0.39, 0.29) is 17.7 Å². The van der Waals surface area contributed by atoms with Gasteiger partial charge in [0.2, 0.25) is 0 Å². The molecule has 214 valence electrons. The van der Waals surface area contributed by atoms with Crippen molar-refractivity contribution < 1.29 is 23.4 Å². The molecule has 0 saturated carbocycles. The Hall–Kier alpha value is -4.84. The molecule has 2 unspecified atom stereocenters. The zero-order valence-electron chi connectivity index (χ0n) is 24.5. The Morgan fingerprint density at radius 1 is 0.690 bits per heavy atom. The van der Waals surface area contributed by atoms with Gasteiger partial charge in [-0.2, -0.15) is 0 Å². The molecule has 0 radical (unpaired) electrons. The van der Waals surface area contributed by atoms with Crippen molar-refractivity contribution in [3.05, 3.63) is 121 Å². The van der Waals surface area contributed by atoms with Gasteiger partial charge in [0.25, 0.3) is 0 Å². The summed E-state index contributed by atoms with van der Waals surface area (Å²) in [4.78, 5) is 0. The largest absolute Gasteiger partial charge is 0.497 e. The van der Waals surface area contributed by atoms with Crippen LogP contribution in [0.5, 0.6) is 11.5 Å². The van der Waals surface area contributed by atoms with E-state index < -0.39 is 0 Å². The first kappa shape index (κ1) is 27.3. The number of furan rings is 1. The summed E-state index contributed by atoms with van der Waals surface area (Å²) in [6.07, 6.45) is 16.6. The Bertz CT molecular complexity index is 1670. The Kier molecular flexibility index (Phi) is 7.29. The van der Waals surface area contributed by atoms with Crippen LogP contribution in [0, 0.1) is 0 Å². The summed E-state index contributed by atoms with van der Waals surface area (Å²) < 4.78 is 32.3. The molecule has 0 fully saturated rings. The average Bonchev–Trinajstić information content (AvgIpc) is 3.65. The highest BCUT2D eigenvalue weighted by Gasteiger charge is 2.38. The van der Waals surface area contributed by atoms with Gasteiger partial charge in [0, 0.05) is 22.2 Å². The molecule has 4 aromatic rings. The molecule has 6 rings (SSSR count). The van der Waals surface area contributed by atoms with Crippen LogP contribution in [0.1, 0.15) is 44.2 Å². The summed E-state index contributed by atoms with van der Waals surface area (Å²) in [5.74, 6) is 2.35. The zero-order chi connectivity index (χ0) is 29.3. The number of hydrogen-bond acceptors (Lipinski definition) is 5. The highest BCUT2D eigenvalue weighted by molar-refractivity contribution is 5.91. The van der Waals surface area contributed by atoms with E-state index in [4.69, 9.17) is 23.4 Å². The highest BCUT2D eigenvalue weighted by Crippen LogP contribution is 2.51. The molecule has 0 saturated heterocycles. The molecule has 0 aliphatic carbocycles. The number of ether oxygens (including phenoxy) is 4. The minimum Gasteiger partial charge on any atom is -0.497 e. The summed E-state index contributed by atoms with van der Waals surface area (Å²) in [6.45, 7) is 6.62. The lowest BCUT2D eigenvalue weighted by Gasteiger charge is -2.31. The number of nitrogens with zero attached hydrogens (tertiary/aromatic N) is 1. The van der Waals surface area contributed by atoms with Gasteiger partial charge in [-0.25, -0.2) is 0 Å². The SMILES string of the molecule is COc1ccc(-c2ccoc2-c2c(-c3ccc(OC)cc3)c(C3C=CC=CO3)c(C3C=CC=CO3)n2C(C)(C)C)cc1. The maximum atomic E-state index is 6.43. The lowest BCUT2D eigenvalue weighted by atomic mass is 9.92. The third kappa shape index (κ3) is 4.94. The monoisotopic (exact) mass is 561 g/mol. The minimum atomic E-state index is -0.360. The molecule has 4 heterocycles. The van der Waals surface area contributed by atoms with Crippen molar-refractivity contribution in [3.63, 3.8) is 0 Å². The van der Waals surface area contributed by atoms with Crippen molar-refractivity contribution >= 4 is 0 Å². The van der Waals surface area contributed by atoms with Gasteiger partial charge in [-0.3, -0.25) is 0 Å². The predicted molar refractivity (Wildman–Crippen MR) is 165 cm³/mol. The summed E-state index contributed by atoms with van der Waals surface area (Å²) in [6, 6.07) is 18.2. The molecule has 2 aromatic carbocycles. The fourth-order valence-electron chi connectivity index (χ4n) is 5.72. The van der Waals surface area contributed by atoms with Gasteiger partial charge >= 0.3 is 0 Å². The molecule has 0 bridgehead atoms. The second-order valence-corrected chi connectivity index (χ2v) is 11.2. The Morgan fingerprint density at radius 2 is 1.26 bits per heavy atom. The normalized spacial score (nSPS) is 17.6. The van der Waals surface area contributed by atoms with E-state index in [0.29, 0.717) is 0 Å². The number of aromatic nitrogens is 1. The molecular weight excluding hydrogens is 526 g/mol. The van der Waals surface area contributed by atoms with Crippen LogP contribution < -0.4 is 9.47 Å². The van der Waals surface area contributed by atoms with Crippen LogP contribution in [0.2, 0.25) is 0 Å². The van der Waals surface area contributed by atoms with Crippen molar-refractivity contribution in [1.82, 2.24) is 4.57 Å². The molecule has 2 aliphatic heterocycles. The van der Waals surface area contributed by atoms with Gasteiger partial charge in [0.15, 0.2) is 11.9 Å². The number of benzene rings is 2. The fraction of sp³-hybridized carbons (Fsp3) is 0.222. The summed E-state index contributed by atoms with van der Waals surface area (Å²) in [5.41, 5.74) is 6.66. The van der Waals surface area contributed by atoms with Crippen LogP contribution in [0.25, 0.3) is 33.7 Å². The van der Waals surface area contributed by atoms with E-state index in [1.54, 1.807) is 33.0 Å². The zero-order valence-corrected chi connectivity index (χ0v) is 24.5. The Labute approximate surface area is 246 Å². The van der Waals surface area contributed by atoms with Crippen LogP contribution >= 0.6 is 0 Å². The van der Waals surface area contributed by atoms with Crippen LogP contribution in [0.3, 0.4) is 0 Å². The maximum absolute atomic E-state index is 6.43. The van der Waals surface area contributed by atoms with E-state index in [1.807, 2.05) is 54.6 Å². The fourth-order valence-corrected chi connectivity index (χ4v) is 5.72. The molecule has 0 spiro atoms. The summed E-state index contributed by atoms with van der Waals surface area (Å²) in [5, 5.41) is 0. The van der Waals surface area contributed by atoms with Crippen molar-refractivity contribution in [2.45, 2.75) is 38.5 Å². The number of rotatable bonds is 7. The third-order valence-corrected chi connectivity index (χ3v) is 7.53. The van der Waals surface area contributed by atoms with Crippen molar-refractivity contribution in [2.24, 2.45) is 0 Å². The molecular formula is C36H35NO5. The van der Waals surface area contributed by atoms with Crippen molar-refractivity contribution in [3.8, 4) is 45.2 Å². The first-order valence-corrected chi connectivity index (χ1v) is 14.0. The molecule has 42 heavy (non-hydrogen) atoms. The quantitative estimate of drug-likeness (QED) is 0.225. The molecule has 6 heteroatoms. The molecule has 6 nitrogen and oxygen atoms in total. The van der Waals surface area contributed by atoms with Gasteiger partial charge < -0.3 is 27.9 Å². The van der Waals surface area contributed by atoms with Gasteiger partial charge in [-0.1, -0.05) is 36.4 Å². The predicted octanol–water partition coefficient (Wildman–Crippen LogP) is 9.14. The lowest BCUT2D eigenvalue weighted by Crippen LogP contribution is -2.27. The van der Waals surface area contributed by atoms with Crippen LogP contribution in [-0.4, -0.2) is 18.8 Å². The van der Waals surface area contributed by atoms with Crippen LogP contribution in [0.4, 0.5) is 0 Å². The van der Waals surface area contributed by atoms with E-state index in [0.717, 1.165) is 56.5 Å². The minimum absolute atomic E-state index is 0.336. The second-order valence-electron chi connectivity index (χ2n) is 11.2. The average molecular weight is 562 g/mol. The van der Waals surface area contributed by atoms with Crippen molar-refractivity contribution in [2.75, 3.05) is 14.2 Å². The number of hydrogen-bond donors (Lipinski definition) is 0. The second kappa shape index (κ2) is 11.2. The van der Waals surface area contributed by atoms with E-state index in [2.05, 4.69) is 61.8 Å². The van der Waals surface area contributed by atoms with Gasteiger partial charge in [-0.05, 0) is 86.5 Å².